The monoisotopic (exact) mass is 1490 g/mol. The Morgan fingerprint density at radius 3 is 1.32 bits per heavy atom. The second kappa shape index (κ2) is 43.3. The Kier molecular flexibility index (Phi) is 40.8. The van der Waals surface area contributed by atoms with E-state index in [-0.39, 0.29) is 70.3 Å². The van der Waals surface area contributed by atoms with Gasteiger partial charge in [-0.05, 0) is 199 Å². The molecule has 0 N–H and O–H groups in total. The Morgan fingerprint density at radius 2 is 1.04 bits per heavy atom. The molecule has 572 valence electrons. The number of sulfonamides is 1. The summed E-state index contributed by atoms with van der Waals surface area (Å²) in [6, 6.07) is 1.01. The highest BCUT2D eigenvalue weighted by atomic mass is 32.2. The highest BCUT2D eigenvalue weighted by Crippen LogP contribution is 2.54. The minimum Gasteiger partial charge on any atom is -0.469 e. The van der Waals surface area contributed by atoms with Crippen LogP contribution in [0.5, 0.6) is 0 Å². The van der Waals surface area contributed by atoms with Gasteiger partial charge in [0.05, 0.1) is 45.2 Å². The molecule has 7 atom stereocenters. The maximum Gasteiger partial charge on any atom is 0.348 e. The van der Waals surface area contributed by atoms with Crippen LogP contribution >= 0.6 is 0 Å². The molecule has 100 heavy (non-hydrogen) atoms. The number of ether oxygens (including phenoxy) is 7. The molecule has 4 bridgehead atoms. The Labute approximate surface area is 601 Å². The molecule has 26 heteroatoms. The van der Waals surface area contributed by atoms with Crippen LogP contribution in [0.1, 0.15) is 203 Å². The van der Waals surface area contributed by atoms with Crippen molar-refractivity contribution in [3.8, 4) is 0 Å². The molecule has 0 heterocycles. The van der Waals surface area contributed by atoms with Crippen LogP contribution in [0, 0.1) is 29.6 Å². The molecule has 6 saturated carbocycles. The van der Waals surface area contributed by atoms with Crippen molar-refractivity contribution < 1.29 is 96.2 Å². The van der Waals surface area contributed by atoms with E-state index < -0.39 is 60.9 Å². The number of carbonyl (C=O) groups excluding carboxylic acids is 7. The van der Waals surface area contributed by atoms with Gasteiger partial charge in [-0.3, -0.25) is 13.8 Å². The van der Waals surface area contributed by atoms with Crippen molar-refractivity contribution >= 4 is 79.8 Å². The lowest BCUT2D eigenvalue weighted by molar-refractivity contribution is -0.166. The van der Waals surface area contributed by atoms with Crippen LogP contribution in [0.2, 0.25) is 25.7 Å². The largest absolute Gasteiger partial charge is 0.469 e. The normalized spacial score (nSPS) is 22.2. The Bertz CT molecular complexity index is 3200. The summed E-state index contributed by atoms with van der Waals surface area (Å²) in [5.74, 6) is 0.217. The van der Waals surface area contributed by atoms with E-state index in [2.05, 4.69) is 112 Å². The van der Waals surface area contributed by atoms with Crippen LogP contribution in [0.25, 0.3) is 0 Å². The standard InChI is InChI=1S/C15H22O2.C13H20O4.C13H20O2.C11H18O2.C10H20O2Si.C5H8O4S.C4H9NO2S.C3H6O3S/c1-2-15(7-3-4-8-15)17-14(16)13-10-11-5-6-12(13)9-11;1-4-13(7-5-6-8-13)17-12(15)10(2)9-11(14)16-3;1-4-13(15-12(14)9(2)3)8-10-5-6-11(13)7-10;1-4-11(7-5-6-8-11)13-10(12)9(2)3;1-8(2)10(11)12-9(3)7-13(4,5)6;1-4(5(6)9-2)10(3,7)8;1-4-8(6,7)5(2)3;1-3-7(4,5)6-2/h5-6,11-13H,2-4,7-10H2,1H3;2,4-9H2,1,3H3;10-11H,2,4-8H2,1,3H3;2,4-8H2,1,3H3;9H,1,7H2,2-6H3;1H2,2-3H3;4H,1H2,2-3H3;3H,1H2,2H3. The maximum atomic E-state index is 12.3. The number of hydrogen-bond acceptors (Lipinski definition) is 21. The number of carbonyl (C=O) groups is 7. The Balaban J connectivity index is 0.00000114. The number of fused-ring (bicyclic) bond motifs is 4. The first-order valence-corrected chi connectivity index (χ1v) is 43.2. The molecule has 7 rings (SSSR count). The summed E-state index contributed by atoms with van der Waals surface area (Å²) in [4.78, 5) is 79.1. The van der Waals surface area contributed by atoms with E-state index in [1.807, 2.05) is 13.8 Å². The van der Waals surface area contributed by atoms with E-state index in [0.29, 0.717) is 34.5 Å². The summed E-state index contributed by atoms with van der Waals surface area (Å²) in [6.45, 7) is 45.7. The quantitative estimate of drug-likeness (QED) is 0.0216. The van der Waals surface area contributed by atoms with E-state index in [4.69, 9.17) is 23.7 Å². The Morgan fingerprint density at radius 1 is 0.590 bits per heavy atom. The van der Waals surface area contributed by atoms with Gasteiger partial charge in [0.2, 0.25) is 10.0 Å². The fourth-order valence-electron chi connectivity index (χ4n) is 12.8. The van der Waals surface area contributed by atoms with Gasteiger partial charge in [-0.15, -0.1) is 0 Å². The van der Waals surface area contributed by atoms with E-state index in [0.717, 1.165) is 137 Å². The topological polar surface area (TPSA) is 299 Å². The number of rotatable bonds is 24. The van der Waals surface area contributed by atoms with Crippen molar-refractivity contribution in [2.24, 2.45) is 29.6 Å². The molecular weight excluding hydrogens is 1360 g/mol. The summed E-state index contributed by atoms with van der Waals surface area (Å²) < 4.78 is 104. The number of methoxy groups -OCH3 is 2. The summed E-state index contributed by atoms with van der Waals surface area (Å²) in [5.41, 5.74) is 0.887. The van der Waals surface area contributed by atoms with Gasteiger partial charge in [0.15, 0.2) is 9.84 Å². The first-order chi connectivity index (χ1) is 46.2. The summed E-state index contributed by atoms with van der Waals surface area (Å²) >= 11 is 0. The van der Waals surface area contributed by atoms with Gasteiger partial charge in [0, 0.05) is 56.1 Å². The summed E-state index contributed by atoms with van der Waals surface area (Å²) in [5, 5.41) is 1.65. The van der Waals surface area contributed by atoms with Crippen LogP contribution < -0.4 is 0 Å². The lowest BCUT2D eigenvalue weighted by atomic mass is 9.82. The minimum atomic E-state index is -3.48. The van der Waals surface area contributed by atoms with E-state index in [1.165, 1.54) is 72.6 Å². The molecule has 0 aromatic carbocycles. The summed E-state index contributed by atoms with van der Waals surface area (Å²) in [6.07, 6.45) is 29.1. The molecule has 0 aliphatic heterocycles. The molecule has 0 aromatic rings. The van der Waals surface area contributed by atoms with E-state index in [9.17, 15) is 58.8 Å². The Hall–Kier alpha value is -5.80. The molecule has 7 unspecified atom stereocenters. The number of allylic oxidation sites excluding steroid dienone is 2. The zero-order valence-corrected chi connectivity index (χ0v) is 66.9. The van der Waals surface area contributed by atoms with Crippen molar-refractivity contribution in [3.05, 3.63) is 96.2 Å². The molecule has 0 aromatic heterocycles. The van der Waals surface area contributed by atoms with Crippen molar-refractivity contribution in [2.45, 2.75) is 257 Å². The predicted molar refractivity (Wildman–Crippen MR) is 395 cm³/mol. The van der Waals surface area contributed by atoms with Gasteiger partial charge >= 0.3 is 41.8 Å². The van der Waals surface area contributed by atoms with E-state index in [1.54, 1.807) is 20.8 Å². The average Bonchev–Trinajstić information content (AvgIpc) is 1.62. The van der Waals surface area contributed by atoms with Crippen molar-refractivity contribution in [1.82, 2.24) is 4.31 Å². The van der Waals surface area contributed by atoms with Crippen LogP contribution in [0.3, 0.4) is 0 Å². The molecule has 0 radical (unpaired) electrons. The zero-order chi connectivity index (χ0) is 77.4. The van der Waals surface area contributed by atoms with Crippen molar-refractivity contribution in [1.29, 1.82) is 0 Å². The lowest BCUT2D eigenvalue weighted by Crippen LogP contribution is -2.40. The zero-order valence-electron chi connectivity index (χ0n) is 63.4. The van der Waals surface area contributed by atoms with Crippen LogP contribution in [-0.4, -0.2) is 150 Å². The molecule has 22 nitrogen and oxygen atoms in total. The van der Waals surface area contributed by atoms with Crippen molar-refractivity contribution in [2.75, 3.05) is 41.7 Å². The third kappa shape index (κ3) is 33.1. The highest BCUT2D eigenvalue weighted by Gasteiger charge is 2.53. The van der Waals surface area contributed by atoms with Gasteiger partial charge in [-0.2, -0.15) is 8.42 Å². The smallest absolute Gasteiger partial charge is 0.348 e. The number of sulfone groups is 1. The maximum absolute atomic E-state index is 12.3. The fourth-order valence-corrected chi connectivity index (χ4v) is 15.4. The fraction of sp³-hybridized carbons (Fsp3) is 0.689. The van der Waals surface area contributed by atoms with Gasteiger partial charge in [0.1, 0.15) is 27.3 Å². The number of esters is 7. The first kappa shape index (κ1) is 94.2. The molecule has 0 amide bonds. The van der Waals surface area contributed by atoms with E-state index >= 15 is 0 Å². The molecular formula is C74H123NO21S3Si. The molecule has 7 aliphatic rings. The third-order valence-electron chi connectivity index (χ3n) is 19.0. The highest BCUT2D eigenvalue weighted by molar-refractivity contribution is 7.95. The predicted octanol–water partition coefficient (Wildman–Crippen LogP) is 14.4. The molecule has 6 fully saturated rings. The lowest BCUT2D eigenvalue weighted by Gasteiger charge is -2.36. The SMILES string of the molecule is C=C(C(=O)OC)S(C)(=O)=O.C=C(C)C(=O)OC(C)C[Si](C)(C)C.C=C(C)C(=O)OC1(CC)CC2CCC1C2.C=C(C)C(=O)OC1(CC)CCCC1.C=C(CC(=O)OC)C(=O)OC1(CC)CCCC1.C=CS(=O)(=O)N(C)C.C=CS(=O)(=O)OC.CCC1(OC(=O)C2CC3C=CC2C3)CCCC1. The van der Waals surface area contributed by atoms with Gasteiger partial charge in [0.25, 0.3) is 10.1 Å². The number of nitrogens with zero attached hydrogens (tertiary/aromatic N) is 1. The van der Waals surface area contributed by atoms with Gasteiger partial charge in [-0.25, -0.2) is 45.1 Å². The molecule has 0 spiro atoms. The van der Waals surface area contributed by atoms with Crippen molar-refractivity contribution in [3.63, 3.8) is 0 Å². The molecule has 7 aliphatic carbocycles. The second-order valence-electron chi connectivity index (χ2n) is 28.4. The van der Waals surface area contributed by atoms with Crippen LogP contribution in [-0.2, 0) is 101 Å². The minimum absolute atomic E-state index is 0.0240. The van der Waals surface area contributed by atoms with Crippen LogP contribution in [0.4, 0.5) is 0 Å². The summed E-state index contributed by atoms with van der Waals surface area (Å²) in [7, 11) is -4.77. The molecule has 0 saturated heterocycles. The van der Waals surface area contributed by atoms with Crippen LogP contribution in [0.15, 0.2) is 96.2 Å². The third-order valence-corrected chi connectivity index (χ3v) is 24.1. The number of hydrogen-bond donors (Lipinski definition) is 0. The first-order valence-electron chi connectivity index (χ1n) is 34.6. The second-order valence-corrected chi connectivity index (χ2v) is 39.7. The average molecular weight is 1490 g/mol. The van der Waals surface area contributed by atoms with Gasteiger partial charge in [-0.1, -0.05) is 106 Å². The van der Waals surface area contributed by atoms with Gasteiger partial charge < -0.3 is 33.2 Å².